The number of ketones is 1. The molecule has 1 aliphatic heterocycles. The van der Waals surface area contributed by atoms with Gasteiger partial charge in [0, 0.05) is 36.4 Å². The van der Waals surface area contributed by atoms with E-state index in [0.29, 0.717) is 6.42 Å². The van der Waals surface area contributed by atoms with Crippen LogP contribution in [0.3, 0.4) is 0 Å². The van der Waals surface area contributed by atoms with E-state index in [4.69, 9.17) is 4.74 Å². The number of nitrogens with zero attached hydrogens (tertiary/aromatic N) is 1. The van der Waals surface area contributed by atoms with Crippen molar-refractivity contribution in [1.82, 2.24) is 4.98 Å². The zero-order valence-electron chi connectivity index (χ0n) is 10.8. The van der Waals surface area contributed by atoms with Gasteiger partial charge in [0.25, 0.3) is 0 Å². The van der Waals surface area contributed by atoms with Gasteiger partial charge in [0.1, 0.15) is 0 Å². The summed E-state index contributed by atoms with van der Waals surface area (Å²) in [6.07, 6.45) is 7.42. The molecule has 2 heterocycles. The van der Waals surface area contributed by atoms with Crippen molar-refractivity contribution in [2.24, 2.45) is 0 Å². The number of hydrogen-bond acceptors (Lipinski definition) is 3. The quantitative estimate of drug-likeness (QED) is 0.786. The second-order valence-corrected chi connectivity index (χ2v) is 5.00. The maximum absolute atomic E-state index is 12.3. The molecule has 1 aromatic heterocycles. The first-order valence-corrected chi connectivity index (χ1v) is 6.82. The van der Waals surface area contributed by atoms with Crippen LogP contribution in [0.4, 0.5) is 0 Å². The molecule has 1 unspecified atom stereocenters. The second kappa shape index (κ2) is 5.49. The Hall–Kier alpha value is -1.74. The first-order valence-electron chi connectivity index (χ1n) is 6.82. The number of Topliss-reactive ketones (excluding diaryl/α,β-unsaturated/α-hetero) is 1. The molecule has 1 saturated heterocycles. The van der Waals surface area contributed by atoms with E-state index in [-0.39, 0.29) is 11.9 Å². The number of hydrogen-bond donors (Lipinski definition) is 0. The summed E-state index contributed by atoms with van der Waals surface area (Å²) in [5, 5.41) is 2.01. The van der Waals surface area contributed by atoms with Gasteiger partial charge in [0.15, 0.2) is 5.78 Å². The molecule has 0 aliphatic carbocycles. The summed E-state index contributed by atoms with van der Waals surface area (Å²) in [5.41, 5.74) is 0.804. The molecule has 0 N–H and O–H groups in total. The molecule has 1 fully saturated rings. The highest BCUT2D eigenvalue weighted by Crippen LogP contribution is 2.22. The van der Waals surface area contributed by atoms with Crippen LogP contribution in [0.1, 0.15) is 36.0 Å². The first-order chi connectivity index (χ1) is 9.34. The lowest BCUT2D eigenvalue weighted by atomic mass is 9.99. The van der Waals surface area contributed by atoms with E-state index in [1.165, 1.54) is 0 Å². The van der Waals surface area contributed by atoms with Gasteiger partial charge >= 0.3 is 0 Å². The number of benzene rings is 1. The van der Waals surface area contributed by atoms with E-state index < -0.39 is 0 Å². The average Bonchev–Trinajstić information content (AvgIpc) is 2.97. The standard InChI is InChI=1S/C16H17NO2/c18-16(7-6-13-4-2-10-19-13)15-5-1-3-12-11-17-9-8-14(12)15/h1,3,5,8-9,11,13H,2,4,6-7,10H2. The van der Waals surface area contributed by atoms with Gasteiger partial charge in [-0.2, -0.15) is 0 Å². The Kier molecular flexibility index (Phi) is 3.56. The normalized spacial score (nSPS) is 18.8. The van der Waals surface area contributed by atoms with Gasteiger partial charge in [-0.25, -0.2) is 0 Å². The van der Waals surface area contributed by atoms with Crippen molar-refractivity contribution >= 4 is 16.6 Å². The molecule has 98 valence electrons. The lowest BCUT2D eigenvalue weighted by molar-refractivity contribution is 0.0860. The molecule has 1 atom stereocenters. The van der Waals surface area contributed by atoms with Crippen molar-refractivity contribution in [3.05, 3.63) is 42.2 Å². The fourth-order valence-corrected chi connectivity index (χ4v) is 2.66. The van der Waals surface area contributed by atoms with Crippen LogP contribution in [0.15, 0.2) is 36.7 Å². The summed E-state index contributed by atoms with van der Waals surface area (Å²) in [4.78, 5) is 16.4. The smallest absolute Gasteiger partial charge is 0.163 e. The molecular formula is C16H17NO2. The van der Waals surface area contributed by atoms with Crippen molar-refractivity contribution in [3.8, 4) is 0 Å². The Morgan fingerprint density at radius 3 is 3.16 bits per heavy atom. The molecular weight excluding hydrogens is 238 g/mol. The van der Waals surface area contributed by atoms with E-state index in [2.05, 4.69) is 4.98 Å². The molecule has 1 aromatic carbocycles. The highest BCUT2D eigenvalue weighted by molar-refractivity contribution is 6.07. The van der Waals surface area contributed by atoms with Crippen LogP contribution in [0.5, 0.6) is 0 Å². The van der Waals surface area contributed by atoms with Crippen LogP contribution in [0, 0.1) is 0 Å². The van der Waals surface area contributed by atoms with Gasteiger partial charge in [0.2, 0.25) is 0 Å². The number of carbonyl (C=O) groups is 1. The molecule has 0 spiro atoms. The molecule has 0 saturated carbocycles. The zero-order chi connectivity index (χ0) is 13.1. The van der Waals surface area contributed by atoms with E-state index in [0.717, 1.165) is 42.2 Å². The van der Waals surface area contributed by atoms with Crippen LogP contribution in [-0.2, 0) is 4.74 Å². The Morgan fingerprint density at radius 2 is 2.32 bits per heavy atom. The molecule has 0 radical (unpaired) electrons. The fraction of sp³-hybridized carbons (Fsp3) is 0.375. The molecule has 1 aliphatic rings. The highest BCUT2D eigenvalue weighted by atomic mass is 16.5. The number of carbonyl (C=O) groups excluding carboxylic acids is 1. The molecule has 2 aromatic rings. The largest absolute Gasteiger partial charge is 0.378 e. The van der Waals surface area contributed by atoms with Crippen molar-refractivity contribution in [3.63, 3.8) is 0 Å². The molecule has 3 heteroatoms. The maximum Gasteiger partial charge on any atom is 0.163 e. The Labute approximate surface area is 112 Å². The van der Waals surface area contributed by atoms with Gasteiger partial charge in [-0.05, 0) is 30.7 Å². The van der Waals surface area contributed by atoms with Crippen molar-refractivity contribution in [1.29, 1.82) is 0 Å². The van der Waals surface area contributed by atoms with E-state index in [9.17, 15) is 4.79 Å². The summed E-state index contributed by atoms with van der Waals surface area (Å²) in [6.45, 7) is 0.846. The van der Waals surface area contributed by atoms with Gasteiger partial charge in [-0.3, -0.25) is 9.78 Å². The van der Waals surface area contributed by atoms with Crippen molar-refractivity contribution < 1.29 is 9.53 Å². The van der Waals surface area contributed by atoms with E-state index >= 15 is 0 Å². The zero-order valence-corrected chi connectivity index (χ0v) is 10.8. The van der Waals surface area contributed by atoms with E-state index in [1.54, 1.807) is 12.4 Å². The minimum atomic E-state index is 0.201. The minimum absolute atomic E-state index is 0.201. The highest BCUT2D eigenvalue weighted by Gasteiger charge is 2.18. The van der Waals surface area contributed by atoms with E-state index in [1.807, 2.05) is 24.3 Å². The number of rotatable bonds is 4. The molecule has 0 amide bonds. The van der Waals surface area contributed by atoms with Crippen LogP contribution in [0.25, 0.3) is 10.8 Å². The van der Waals surface area contributed by atoms with Crippen LogP contribution in [0.2, 0.25) is 0 Å². The summed E-state index contributed by atoms with van der Waals surface area (Å²) in [6, 6.07) is 7.72. The number of pyridine rings is 1. The predicted molar refractivity (Wildman–Crippen MR) is 74.3 cm³/mol. The second-order valence-electron chi connectivity index (χ2n) is 5.00. The minimum Gasteiger partial charge on any atom is -0.378 e. The maximum atomic E-state index is 12.3. The van der Waals surface area contributed by atoms with Gasteiger partial charge in [-0.15, -0.1) is 0 Å². The Balaban J connectivity index is 1.77. The third-order valence-corrected chi connectivity index (χ3v) is 3.70. The fourth-order valence-electron chi connectivity index (χ4n) is 2.66. The summed E-state index contributed by atoms with van der Waals surface area (Å²) in [7, 11) is 0. The number of aromatic nitrogens is 1. The molecule has 3 nitrogen and oxygen atoms in total. The SMILES string of the molecule is O=C(CCC1CCCO1)c1cccc2cnccc12. The average molecular weight is 255 g/mol. The Bertz CT molecular complexity index is 583. The van der Waals surface area contributed by atoms with Crippen LogP contribution in [-0.4, -0.2) is 23.5 Å². The van der Waals surface area contributed by atoms with Crippen molar-refractivity contribution in [2.45, 2.75) is 31.8 Å². The summed E-state index contributed by atoms with van der Waals surface area (Å²) in [5.74, 6) is 0.201. The topological polar surface area (TPSA) is 39.2 Å². The van der Waals surface area contributed by atoms with Crippen molar-refractivity contribution in [2.75, 3.05) is 6.61 Å². The molecule has 19 heavy (non-hydrogen) atoms. The number of fused-ring (bicyclic) bond motifs is 1. The van der Waals surface area contributed by atoms with Gasteiger partial charge in [-0.1, -0.05) is 18.2 Å². The monoisotopic (exact) mass is 255 g/mol. The lowest BCUT2D eigenvalue weighted by Gasteiger charge is -2.09. The van der Waals surface area contributed by atoms with Crippen LogP contribution < -0.4 is 0 Å². The van der Waals surface area contributed by atoms with Crippen LogP contribution >= 0.6 is 0 Å². The summed E-state index contributed by atoms with van der Waals surface area (Å²) < 4.78 is 5.56. The first kappa shape index (κ1) is 12.3. The predicted octanol–water partition coefficient (Wildman–Crippen LogP) is 3.38. The van der Waals surface area contributed by atoms with Gasteiger partial charge < -0.3 is 4.74 Å². The number of ether oxygens (including phenoxy) is 1. The lowest BCUT2D eigenvalue weighted by Crippen LogP contribution is -2.09. The van der Waals surface area contributed by atoms with Gasteiger partial charge in [0.05, 0.1) is 6.10 Å². The molecule has 3 rings (SSSR count). The molecule has 0 bridgehead atoms. The third kappa shape index (κ3) is 2.66. The Morgan fingerprint density at radius 1 is 1.37 bits per heavy atom. The third-order valence-electron chi connectivity index (χ3n) is 3.70. The summed E-state index contributed by atoms with van der Waals surface area (Å²) >= 11 is 0.